The second-order valence-corrected chi connectivity index (χ2v) is 5.98. The molecule has 3 rings (SSSR count). The van der Waals surface area contributed by atoms with Crippen LogP contribution in [0.5, 0.6) is 11.5 Å². The molecule has 0 aromatic heterocycles. The summed E-state index contributed by atoms with van der Waals surface area (Å²) in [6, 6.07) is 21.5. The molecule has 0 radical (unpaired) electrons. The lowest BCUT2D eigenvalue weighted by atomic mass is 10.1. The highest BCUT2D eigenvalue weighted by atomic mass is 16.5. The van der Waals surface area contributed by atoms with Crippen LogP contribution in [0.4, 0.5) is 0 Å². The monoisotopic (exact) mass is 359 g/mol. The third-order valence-electron chi connectivity index (χ3n) is 3.98. The number of nitrogens with one attached hydrogen (secondary N) is 1. The SMILES string of the molecule is Cc1ccccc1OCC#CCNC(=O)COc1ccc2ccccc2c1. The Labute approximate surface area is 159 Å². The predicted molar refractivity (Wildman–Crippen MR) is 107 cm³/mol. The maximum Gasteiger partial charge on any atom is 0.258 e. The quantitative estimate of drug-likeness (QED) is 0.682. The zero-order valence-electron chi connectivity index (χ0n) is 15.2. The van der Waals surface area contributed by atoms with Crippen LogP contribution >= 0.6 is 0 Å². The van der Waals surface area contributed by atoms with E-state index in [2.05, 4.69) is 17.2 Å². The highest BCUT2D eigenvalue weighted by Gasteiger charge is 2.02. The van der Waals surface area contributed by atoms with Crippen LogP contribution in [0.3, 0.4) is 0 Å². The largest absolute Gasteiger partial charge is 0.484 e. The van der Waals surface area contributed by atoms with Crippen molar-refractivity contribution in [1.29, 1.82) is 0 Å². The minimum Gasteiger partial charge on any atom is -0.484 e. The van der Waals surface area contributed by atoms with E-state index < -0.39 is 0 Å². The highest BCUT2D eigenvalue weighted by molar-refractivity contribution is 5.84. The molecule has 3 aromatic rings. The van der Waals surface area contributed by atoms with Crippen molar-refractivity contribution in [2.75, 3.05) is 19.8 Å². The van der Waals surface area contributed by atoms with Gasteiger partial charge in [-0.2, -0.15) is 0 Å². The predicted octanol–water partition coefficient (Wildman–Crippen LogP) is 3.73. The van der Waals surface area contributed by atoms with Crippen LogP contribution in [0.25, 0.3) is 10.8 Å². The van der Waals surface area contributed by atoms with Crippen molar-refractivity contribution in [1.82, 2.24) is 5.32 Å². The number of ether oxygens (including phenoxy) is 2. The third-order valence-corrected chi connectivity index (χ3v) is 3.98. The molecular formula is C23H21NO3. The number of hydrogen-bond donors (Lipinski definition) is 1. The first-order valence-corrected chi connectivity index (χ1v) is 8.75. The van der Waals surface area contributed by atoms with Gasteiger partial charge in [0.1, 0.15) is 18.1 Å². The summed E-state index contributed by atoms with van der Waals surface area (Å²) >= 11 is 0. The van der Waals surface area contributed by atoms with Gasteiger partial charge in [-0.3, -0.25) is 4.79 Å². The second-order valence-electron chi connectivity index (χ2n) is 5.98. The zero-order valence-corrected chi connectivity index (χ0v) is 15.2. The summed E-state index contributed by atoms with van der Waals surface area (Å²) in [7, 11) is 0. The summed E-state index contributed by atoms with van der Waals surface area (Å²) < 4.78 is 11.1. The molecule has 4 nitrogen and oxygen atoms in total. The topological polar surface area (TPSA) is 47.6 Å². The smallest absolute Gasteiger partial charge is 0.258 e. The van der Waals surface area contributed by atoms with Crippen LogP contribution in [-0.4, -0.2) is 25.7 Å². The lowest BCUT2D eigenvalue weighted by Crippen LogP contribution is -2.29. The van der Waals surface area contributed by atoms with Crippen molar-refractivity contribution in [3.05, 3.63) is 72.3 Å². The fourth-order valence-corrected chi connectivity index (χ4v) is 2.55. The number of benzene rings is 3. The van der Waals surface area contributed by atoms with E-state index >= 15 is 0 Å². The molecule has 1 N–H and O–H groups in total. The van der Waals surface area contributed by atoms with Crippen LogP contribution in [0.1, 0.15) is 5.56 Å². The van der Waals surface area contributed by atoms with Gasteiger partial charge in [-0.05, 0) is 41.5 Å². The molecule has 27 heavy (non-hydrogen) atoms. The maximum atomic E-state index is 11.8. The Hall–Kier alpha value is -3.45. The van der Waals surface area contributed by atoms with Gasteiger partial charge in [0.25, 0.3) is 5.91 Å². The van der Waals surface area contributed by atoms with Crippen LogP contribution in [0.15, 0.2) is 66.7 Å². The molecule has 1 amide bonds. The average molecular weight is 359 g/mol. The normalized spacial score (nSPS) is 9.96. The maximum absolute atomic E-state index is 11.8. The number of para-hydroxylation sites is 1. The van der Waals surface area contributed by atoms with Gasteiger partial charge in [-0.25, -0.2) is 0 Å². The zero-order chi connectivity index (χ0) is 18.9. The summed E-state index contributed by atoms with van der Waals surface area (Å²) in [5.41, 5.74) is 1.07. The minimum atomic E-state index is -0.211. The Morgan fingerprint density at radius 2 is 1.70 bits per heavy atom. The van der Waals surface area contributed by atoms with E-state index in [9.17, 15) is 4.79 Å². The summed E-state index contributed by atoms with van der Waals surface area (Å²) in [6.45, 7) is 2.49. The molecule has 0 saturated heterocycles. The van der Waals surface area contributed by atoms with Crippen molar-refractivity contribution in [3.8, 4) is 23.3 Å². The van der Waals surface area contributed by atoms with E-state index in [1.54, 1.807) is 0 Å². The minimum absolute atomic E-state index is 0.0419. The molecule has 136 valence electrons. The third kappa shape index (κ3) is 5.52. The number of amides is 1. The average Bonchev–Trinajstić information content (AvgIpc) is 2.70. The van der Waals surface area contributed by atoms with Crippen molar-refractivity contribution < 1.29 is 14.3 Å². The number of carbonyl (C=O) groups excluding carboxylic acids is 1. The summed E-state index contributed by atoms with van der Waals surface area (Å²) in [5, 5.41) is 4.92. The molecule has 0 aliphatic rings. The summed E-state index contributed by atoms with van der Waals surface area (Å²) in [6.07, 6.45) is 0. The molecule has 0 heterocycles. The van der Waals surface area contributed by atoms with E-state index in [4.69, 9.17) is 9.47 Å². The van der Waals surface area contributed by atoms with Gasteiger partial charge < -0.3 is 14.8 Å². The highest BCUT2D eigenvalue weighted by Crippen LogP contribution is 2.20. The first-order valence-electron chi connectivity index (χ1n) is 8.75. The van der Waals surface area contributed by atoms with Gasteiger partial charge in [0.2, 0.25) is 0 Å². The van der Waals surface area contributed by atoms with Crippen molar-refractivity contribution in [2.45, 2.75) is 6.92 Å². The molecule has 0 saturated carbocycles. The fraction of sp³-hybridized carbons (Fsp3) is 0.174. The lowest BCUT2D eigenvalue weighted by Gasteiger charge is -2.07. The molecule has 4 heteroatoms. The molecule has 0 spiro atoms. The van der Waals surface area contributed by atoms with Crippen molar-refractivity contribution >= 4 is 16.7 Å². The Balaban J connectivity index is 1.38. The van der Waals surface area contributed by atoms with E-state index in [0.29, 0.717) is 5.75 Å². The van der Waals surface area contributed by atoms with Crippen molar-refractivity contribution in [2.24, 2.45) is 0 Å². The van der Waals surface area contributed by atoms with E-state index in [-0.39, 0.29) is 25.7 Å². The van der Waals surface area contributed by atoms with Gasteiger partial charge in [-0.15, -0.1) is 0 Å². The first kappa shape index (κ1) is 18.3. The number of fused-ring (bicyclic) bond motifs is 1. The molecule has 0 aliphatic carbocycles. The van der Waals surface area contributed by atoms with Gasteiger partial charge in [0, 0.05) is 0 Å². The van der Waals surface area contributed by atoms with Crippen LogP contribution in [-0.2, 0) is 4.79 Å². The first-order chi connectivity index (χ1) is 13.2. The number of carbonyl (C=O) groups is 1. The lowest BCUT2D eigenvalue weighted by molar-refractivity contribution is -0.122. The van der Waals surface area contributed by atoms with Crippen LogP contribution < -0.4 is 14.8 Å². The number of rotatable bonds is 6. The summed E-state index contributed by atoms with van der Waals surface area (Å²) in [4.78, 5) is 11.8. The van der Waals surface area contributed by atoms with E-state index in [0.717, 1.165) is 22.1 Å². The van der Waals surface area contributed by atoms with Crippen molar-refractivity contribution in [3.63, 3.8) is 0 Å². The number of hydrogen-bond acceptors (Lipinski definition) is 3. The van der Waals surface area contributed by atoms with Crippen LogP contribution in [0.2, 0.25) is 0 Å². The Morgan fingerprint density at radius 1 is 0.926 bits per heavy atom. The van der Waals surface area contributed by atoms with E-state index in [1.165, 1.54) is 0 Å². The number of aryl methyl sites for hydroxylation is 1. The molecule has 3 aromatic carbocycles. The molecule has 0 atom stereocenters. The van der Waals surface area contributed by atoms with Gasteiger partial charge in [-0.1, -0.05) is 60.4 Å². The van der Waals surface area contributed by atoms with Gasteiger partial charge in [0.15, 0.2) is 6.61 Å². The second kappa shape index (κ2) is 9.30. The van der Waals surface area contributed by atoms with Gasteiger partial charge >= 0.3 is 0 Å². The standard InChI is InChI=1S/C23H21NO3/c1-18-8-2-5-11-22(18)26-15-7-6-14-24-23(25)17-27-21-13-12-19-9-3-4-10-20(19)16-21/h2-5,8-13,16H,14-15,17H2,1H3,(H,24,25). The Morgan fingerprint density at radius 3 is 2.56 bits per heavy atom. The van der Waals surface area contributed by atoms with E-state index in [1.807, 2.05) is 73.7 Å². The Kier molecular flexibility index (Phi) is 6.32. The summed E-state index contributed by atoms with van der Waals surface area (Å²) in [5.74, 6) is 7.02. The molecule has 0 aliphatic heterocycles. The fourth-order valence-electron chi connectivity index (χ4n) is 2.55. The molecule has 0 bridgehead atoms. The molecular weight excluding hydrogens is 338 g/mol. The molecule has 0 unspecified atom stereocenters. The van der Waals surface area contributed by atoms with Crippen LogP contribution in [0, 0.1) is 18.8 Å². The molecule has 0 fully saturated rings. The van der Waals surface area contributed by atoms with Gasteiger partial charge in [0.05, 0.1) is 6.54 Å². The Bertz CT molecular complexity index is 985.